The number of furan rings is 1. The van der Waals surface area contributed by atoms with E-state index in [2.05, 4.69) is 46.7 Å². The number of anilines is 1. The summed E-state index contributed by atoms with van der Waals surface area (Å²) in [6.07, 6.45) is 1.54. The summed E-state index contributed by atoms with van der Waals surface area (Å²) >= 11 is 4.64. The van der Waals surface area contributed by atoms with Gasteiger partial charge in [0.1, 0.15) is 11.6 Å². The highest BCUT2D eigenvalue weighted by atomic mass is 79.9. The molecule has 3 heterocycles. The Bertz CT molecular complexity index is 1210. The molecule has 0 unspecified atom stereocenters. The lowest BCUT2D eigenvalue weighted by Crippen LogP contribution is -2.25. The molecule has 31 heavy (non-hydrogen) atoms. The normalized spacial score (nSPS) is 10.8. The van der Waals surface area contributed by atoms with Crippen molar-refractivity contribution < 1.29 is 14.0 Å². The topological polar surface area (TPSA) is 126 Å². The quantitative estimate of drug-likeness (QED) is 0.355. The Labute approximate surface area is 189 Å². The van der Waals surface area contributed by atoms with Crippen LogP contribution in [-0.4, -0.2) is 32.0 Å². The van der Waals surface area contributed by atoms with Gasteiger partial charge in [0.2, 0.25) is 5.91 Å². The number of aromatic nitrogens is 4. The van der Waals surface area contributed by atoms with E-state index >= 15 is 0 Å². The Hall–Kier alpha value is -3.31. The molecule has 0 saturated carbocycles. The molecule has 0 aliphatic heterocycles. The lowest BCUT2D eigenvalue weighted by Gasteiger charge is -2.01. The molecular formula is C20H17BrN6O3S. The second-order valence-corrected chi connectivity index (χ2v) is 8.33. The largest absolute Gasteiger partial charge is 0.469 e. The van der Waals surface area contributed by atoms with Gasteiger partial charge in [-0.1, -0.05) is 28.1 Å². The number of H-pyrrole nitrogens is 1. The average molecular weight is 501 g/mol. The molecule has 0 aliphatic rings. The zero-order valence-electron chi connectivity index (χ0n) is 16.3. The summed E-state index contributed by atoms with van der Waals surface area (Å²) in [6.45, 7) is 1.93. The molecule has 9 nitrogen and oxygen atoms in total. The maximum absolute atomic E-state index is 12.2. The molecule has 0 fully saturated rings. The molecular weight excluding hydrogens is 484 g/mol. The van der Waals surface area contributed by atoms with Crippen molar-refractivity contribution in [1.29, 1.82) is 0 Å². The monoisotopic (exact) mass is 500 g/mol. The smallest absolute Gasteiger partial charge is 0.260 e. The molecule has 4 aromatic rings. The summed E-state index contributed by atoms with van der Waals surface area (Å²) in [7, 11) is 0. The molecule has 0 bridgehead atoms. The van der Waals surface area contributed by atoms with E-state index in [-0.39, 0.29) is 24.8 Å². The van der Waals surface area contributed by atoms with Gasteiger partial charge in [-0.25, -0.2) is 9.97 Å². The molecule has 158 valence electrons. The van der Waals surface area contributed by atoms with Gasteiger partial charge in [0.05, 0.1) is 30.5 Å². The molecule has 2 amide bonds. The SMILES string of the molecule is Cc1occc1C(=O)Nc1nc(CC(=O)NCc2nc(-c3ccc(Br)cc3)n[nH]2)cs1. The fraction of sp³-hybridized carbons (Fsp3) is 0.150. The van der Waals surface area contributed by atoms with Gasteiger partial charge >= 0.3 is 0 Å². The minimum atomic E-state index is -0.302. The van der Waals surface area contributed by atoms with E-state index in [0.29, 0.717) is 33.8 Å². The molecule has 1 aromatic carbocycles. The molecule has 0 spiro atoms. The molecule has 0 saturated heterocycles. The highest BCUT2D eigenvalue weighted by Crippen LogP contribution is 2.19. The second kappa shape index (κ2) is 9.23. The number of hydrogen-bond acceptors (Lipinski definition) is 7. The fourth-order valence-electron chi connectivity index (χ4n) is 2.74. The summed E-state index contributed by atoms with van der Waals surface area (Å²) in [6, 6.07) is 9.23. The van der Waals surface area contributed by atoms with E-state index in [4.69, 9.17) is 4.42 Å². The number of aromatic amines is 1. The van der Waals surface area contributed by atoms with Crippen LogP contribution < -0.4 is 10.6 Å². The van der Waals surface area contributed by atoms with E-state index in [9.17, 15) is 9.59 Å². The lowest BCUT2D eigenvalue weighted by atomic mass is 10.2. The zero-order chi connectivity index (χ0) is 21.8. The Morgan fingerprint density at radius 2 is 2.00 bits per heavy atom. The van der Waals surface area contributed by atoms with Gasteiger partial charge in [0.25, 0.3) is 5.91 Å². The average Bonchev–Trinajstić information content (AvgIpc) is 3.48. The molecule has 0 atom stereocenters. The number of benzene rings is 1. The Morgan fingerprint density at radius 1 is 1.19 bits per heavy atom. The van der Waals surface area contributed by atoms with E-state index in [1.54, 1.807) is 18.4 Å². The summed E-state index contributed by atoms with van der Waals surface area (Å²) in [5.41, 5.74) is 1.89. The maximum atomic E-state index is 12.2. The van der Waals surface area contributed by atoms with Crippen LogP contribution in [0.15, 0.2) is 50.9 Å². The van der Waals surface area contributed by atoms with E-state index in [1.165, 1.54) is 17.6 Å². The van der Waals surface area contributed by atoms with Crippen molar-refractivity contribution in [1.82, 2.24) is 25.5 Å². The minimum absolute atomic E-state index is 0.0881. The van der Waals surface area contributed by atoms with Gasteiger partial charge in [-0.3, -0.25) is 20.0 Å². The van der Waals surface area contributed by atoms with Gasteiger partial charge in [0, 0.05) is 15.4 Å². The standard InChI is InChI=1S/C20H17BrN6O3S/c1-11-15(6-7-30-11)19(29)25-20-23-14(10-31-20)8-17(28)22-9-16-24-18(27-26-16)12-2-4-13(21)5-3-12/h2-7,10H,8-9H2,1H3,(H,22,28)(H,23,25,29)(H,24,26,27). The first-order valence-corrected chi connectivity index (χ1v) is 10.9. The van der Waals surface area contributed by atoms with Gasteiger partial charge < -0.3 is 9.73 Å². The second-order valence-electron chi connectivity index (χ2n) is 6.55. The fourth-order valence-corrected chi connectivity index (χ4v) is 3.71. The number of nitrogens with zero attached hydrogens (tertiary/aromatic N) is 3. The van der Waals surface area contributed by atoms with E-state index in [1.807, 2.05) is 24.3 Å². The Kier molecular flexibility index (Phi) is 6.23. The number of carbonyl (C=O) groups excluding carboxylic acids is 2. The van der Waals surface area contributed by atoms with Crippen LogP contribution in [-0.2, 0) is 17.8 Å². The number of nitrogens with one attached hydrogen (secondary N) is 3. The van der Waals surface area contributed by atoms with Crippen molar-refractivity contribution in [2.75, 3.05) is 5.32 Å². The zero-order valence-corrected chi connectivity index (χ0v) is 18.7. The number of aryl methyl sites for hydroxylation is 1. The van der Waals surface area contributed by atoms with Crippen molar-refractivity contribution in [3.8, 4) is 11.4 Å². The van der Waals surface area contributed by atoms with Gasteiger partial charge in [0.15, 0.2) is 11.0 Å². The molecule has 3 aromatic heterocycles. The summed E-state index contributed by atoms with van der Waals surface area (Å²) in [5, 5.41) is 14.6. The van der Waals surface area contributed by atoms with Crippen molar-refractivity contribution in [3.63, 3.8) is 0 Å². The van der Waals surface area contributed by atoms with Crippen molar-refractivity contribution in [2.24, 2.45) is 0 Å². The van der Waals surface area contributed by atoms with Crippen LogP contribution in [0.25, 0.3) is 11.4 Å². The lowest BCUT2D eigenvalue weighted by molar-refractivity contribution is -0.120. The van der Waals surface area contributed by atoms with Crippen LogP contribution >= 0.6 is 27.3 Å². The molecule has 11 heteroatoms. The van der Waals surface area contributed by atoms with Gasteiger partial charge in [-0.05, 0) is 25.1 Å². The Morgan fingerprint density at radius 3 is 2.74 bits per heavy atom. The molecule has 3 N–H and O–H groups in total. The van der Waals surface area contributed by atoms with E-state index in [0.717, 1.165) is 10.0 Å². The van der Waals surface area contributed by atoms with E-state index < -0.39 is 0 Å². The predicted octanol–water partition coefficient (Wildman–Crippen LogP) is 3.70. The summed E-state index contributed by atoms with van der Waals surface area (Å²) < 4.78 is 6.10. The Balaban J connectivity index is 1.28. The first-order valence-electron chi connectivity index (χ1n) is 9.21. The number of rotatable bonds is 7. The molecule has 0 aliphatic carbocycles. The van der Waals surface area contributed by atoms with Crippen LogP contribution in [0.4, 0.5) is 5.13 Å². The van der Waals surface area contributed by atoms with Gasteiger partial charge in [-0.2, -0.15) is 5.10 Å². The third-order valence-electron chi connectivity index (χ3n) is 4.30. The minimum Gasteiger partial charge on any atom is -0.469 e. The van der Waals surface area contributed by atoms with Crippen LogP contribution in [0.2, 0.25) is 0 Å². The number of thiazole rings is 1. The number of carbonyl (C=O) groups is 2. The number of hydrogen-bond donors (Lipinski definition) is 3. The van der Waals surface area contributed by atoms with Crippen LogP contribution in [0.1, 0.15) is 27.6 Å². The highest BCUT2D eigenvalue weighted by Gasteiger charge is 2.15. The van der Waals surface area contributed by atoms with Gasteiger partial charge in [-0.15, -0.1) is 11.3 Å². The van der Waals surface area contributed by atoms with Crippen molar-refractivity contribution in [2.45, 2.75) is 19.9 Å². The third kappa shape index (κ3) is 5.25. The van der Waals surface area contributed by atoms with Crippen LogP contribution in [0.5, 0.6) is 0 Å². The highest BCUT2D eigenvalue weighted by molar-refractivity contribution is 9.10. The number of halogens is 1. The van der Waals surface area contributed by atoms with Crippen molar-refractivity contribution >= 4 is 44.2 Å². The molecule has 4 rings (SSSR count). The number of amides is 2. The summed E-state index contributed by atoms with van der Waals surface area (Å²) in [5.74, 6) is 1.13. The first kappa shape index (κ1) is 20.9. The van der Waals surface area contributed by atoms with Crippen LogP contribution in [0, 0.1) is 6.92 Å². The van der Waals surface area contributed by atoms with Crippen LogP contribution in [0.3, 0.4) is 0 Å². The summed E-state index contributed by atoms with van der Waals surface area (Å²) in [4.78, 5) is 33.1. The molecule has 0 radical (unpaired) electrons. The third-order valence-corrected chi connectivity index (χ3v) is 5.64. The first-order chi connectivity index (χ1) is 15.0. The predicted molar refractivity (Wildman–Crippen MR) is 119 cm³/mol. The van der Waals surface area contributed by atoms with Crippen molar-refractivity contribution in [3.05, 3.63) is 69.3 Å². The maximum Gasteiger partial charge on any atom is 0.260 e.